The largest absolute Gasteiger partial charge is 0.352 e. The zero-order valence-electron chi connectivity index (χ0n) is 14.5. The summed E-state index contributed by atoms with van der Waals surface area (Å²) in [5, 5.41) is 11.9. The standard InChI is InChI=1S/C20H20N4OS/c1-3-14-21-19(25)15(2)26-20-23-22-18(16-10-6-4-7-11-16)24(20)17-12-8-5-9-13-17/h3-13,15H,1,14H2,2H3,(H,21,25). The van der Waals surface area contributed by atoms with Crippen molar-refractivity contribution in [3.8, 4) is 17.1 Å². The maximum atomic E-state index is 12.2. The fraction of sp³-hybridized carbons (Fsp3) is 0.150. The molecule has 0 saturated heterocycles. The molecule has 0 aliphatic heterocycles. The molecule has 1 aromatic heterocycles. The maximum absolute atomic E-state index is 12.2. The Kier molecular flexibility index (Phi) is 5.86. The monoisotopic (exact) mass is 364 g/mol. The van der Waals surface area contributed by atoms with Crippen molar-refractivity contribution in [1.82, 2.24) is 20.1 Å². The van der Waals surface area contributed by atoms with E-state index in [1.165, 1.54) is 11.8 Å². The van der Waals surface area contributed by atoms with Crippen molar-refractivity contribution in [3.63, 3.8) is 0 Å². The first-order valence-corrected chi connectivity index (χ1v) is 9.20. The van der Waals surface area contributed by atoms with Gasteiger partial charge in [0.2, 0.25) is 5.91 Å². The highest BCUT2D eigenvalue weighted by Crippen LogP contribution is 2.29. The Bertz CT molecular complexity index is 877. The van der Waals surface area contributed by atoms with Gasteiger partial charge in [0.25, 0.3) is 0 Å². The van der Waals surface area contributed by atoms with E-state index in [1.807, 2.05) is 72.2 Å². The molecule has 132 valence electrons. The lowest BCUT2D eigenvalue weighted by molar-refractivity contribution is -0.120. The summed E-state index contributed by atoms with van der Waals surface area (Å²) in [7, 11) is 0. The fourth-order valence-corrected chi connectivity index (χ4v) is 3.35. The number of carbonyl (C=O) groups excluding carboxylic acids is 1. The third-order valence-corrected chi connectivity index (χ3v) is 4.79. The molecule has 0 radical (unpaired) electrons. The molecule has 5 nitrogen and oxygen atoms in total. The van der Waals surface area contributed by atoms with E-state index in [0.29, 0.717) is 11.7 Å². The summed E-state index contributed by atoms with van der Waals surface area (Å²) in [5.74, 6) is 0.691. The van der Waals surface area contributed by atoms with Crippen LogP contribution in [0.3, 0.4) is 0 Å². The summed E-state index contributed by atoms with van der Waals surface area (Å²) in [6.07, 6.45) is 1.66. The van der Waals surface area contributed by atoms with Gasteiger partial charge in [-0.25, -0.2) is 0 Å². The van der Waals surface area contributed by atoms with Gasteiger partial charge >= 0.3 is 0 Å². The van der Waals surface area contributed by atoms with Crippen LogP contribution < -0.4 is 5.32 Å². The molecule has 26 heavy (non-hydrogen) atoms. The predicted molar refractivity (Wildman–Crippen MR) is 105 cm³/mol. The van der Waals surface area contributed by atoms with Gasteiger partial charge < -0.3 is 5.32 Å². The smallest absolute Gasteiger partial charge is 0.233 e. The van der Waals surface area contributed by atoms with Gasteiger partial charge in [0.1, 0.15) is 0 Å². The number of nitrogens with zero attached hydrogens (tertiary/aromatic N) is 3. The molecule has 0 aliphatic carbocycles. The number of aromatic nitrogens is 3. The lowest BCUT2D eigenvalue weighted by Crippen LogP contribution is -2.31. The first-order valence-electron chi connectivity index (χ1n) is 8.32. The summed E-state index contributed by atoms with van der Waals surface area (Å²) >= 11 is 1.38. The third-order valence-electron chi connectivity index (χ3n) is 3.75. The Morgan fingerprint density at radius 3 is 2.46 bits per heavy atom. The molecular weight excluding hydrogens is 344 g/mol. The zero-order chi connectivity index (χ0) is 18.4. The van der Waals surface area contributed by atoms with Crippen molar-refractivity contribution in [2.45, 2.75) is 17.3 Å². The average Bonchev–Trinajstić information content (AvgIpc) is 3.10. The normalized spacial score (nSPS) is 11.7. The van der Waals surface area contributed by atoms with E-state index >= 15 is 0 Å². The van der Waals surface area contributed by atoms with Crippen LogP contribution in [0.1, 0.15) is 6.92 Å². The minimum absolute atomic E-state index is 0.0567. The highest BCUT2D eigenvalue weighted by Gasteiger charge is 2.21. The molecule has 1 atom stereocenters. The Morgan fingerprint density at radius 2 is 1.81 bits per heavy atom. The van der Waals surface area contributed by atoms with Gasteiger partial charge in [-0.15, -0.1) is 16.8 Å². The number of hydrogen-bond acceptors (Lipinski definition) is 4. The first-order chi connectivity index (χ1) is 12.7. The van der Waals surface area contributed by atoms with Crippen LogP contribution in [0.25, 0.3) is 17.1 Å². The van der Waals surface area contributed by atoms with E-state index in [0.717, 1.165) is 17.1 Å². The van der Waals surface area contributed by atoms with Gasteiger partial charge in [0.15, 0.2) is 11.0 Å². The summed E-state index contributed by atoms with van der Waals surface area (Å²) in [6.45, 7) is 5.92. The Balaban J connectivity index is 1.97. The maximum Gasteiger partial charge on any atom is 0.233 e. The van der Waals surface area contributed by atoms with Crippen molar-refractivity contribution in [2.75, 3.05) is 6.54 Å². The molecule has 3 rings (SSSR count). The SMILES string of the molecule is C=CCNC(=O)C(C)Sc1nnc(-c2ccccc2)n1-c1ccccc1. The van der Waals surface area contributed by atoms with E-state index in [-0.39, 0.29) is 11.2 Å². The third kappa shape index (κ3) is 4.03. The van der Waals surface area contributed by atoms with Gasteiger partial charge in [-0.3, -0.25) is 9.36 Å². The quantitative estimate of drug-likeness (QED) is 0.513. The molecule has 0 bridgehead atoms. The second kappa shape index (κ2) is 8.49. The number of para-hydroxylation sites is 1. The highest BCUT2D eigenvalue weighted by atomic mass is 32.2. The highest BCUT2D eigenvalue weighted by molar-refractivity contribution is 8.00. The van der Waals surface area contributed by atoms with Gasteiger partial charge in [0.05, 0.1) is 5.25 Å². The van der Waals surface area contributed by atoms with Crippen molar-refractivity contribution in [2.24, 2.45) is 0 Å². The van der Waals surface area contributed by atoms with E-state index in [4.69, 9.17) is 0 Å². The predicted octanol–water partition coefficient (Wildman–Crippen LogP) is 3.72. The number of amides is 1. The number of benzene rings is 2. The Hall–Kier alpha value is -2.86. The molecule has 1 heterocycles. The van der Waals surface area contributed by atoms with Crippen molar-refractivity contribution in [3.05, 3.63) is 73.3 Å². The van der Waals surface area contributed by atoms with Crippen LogP contribution in [0.5, 0.6) is 0 Å². The minimum atomic E-state index is -0.301. The Morgan fingerprint density at radius 1 is 1.15 bits per heavy atom. The van der Waals surface area contributed by atoms with Crippen molar-refractivity contribution < 1.29 is 4.79 Å². The summed E-state index contributed by atoms with van der Waals surface area (Å²) in [4.78, 5) is 12.2. The molecule has 6 heteroatoms. The molecule has 3 aromatic rings. The number of thioether (sulfide) groups is 1. The van der Waals surface area contributed by atoms with Crippen LogP contribution in [-0.4, -0.2) is 32.5 Å². The number of nitrogens with one attached hydrogen (secondary N) is 1. The van der Waals surface area contributed by atoms with Crippen LogP contribution in [0.15, 0.2) is 78.5 Å². The van der Waals surface area contributed by atoms with Gasteiger partial charge in [0, 0.05) is 17.8 Å². The summed E-state index contributed by atoms with van der Waals surface area (Å²) in [5.41, 5.74) is 1.93. The van der Waals surface area contributed by atoms with Crippen LogP contribution in [0.2, 0.25) is 0 Å². The lowest BCUT2D eigenvalue weighted by Gasteiger charge is -2.13. The molecule has 1 amide bonds. The average molecular weight is 364 g/mol. The minimum Gasteiger partial charge on any atom is -0.352 e. The van der Waals surface area contributed by atoms with Crippen LogP contribution in [0, 0.1) is 0 Å². The molecule has 0 fully saturated rings. The molecule has 0 aliphatic rings. The second-order valence-corrected chi connectivity index (χ2v) is 6.95. The van der Waals surface area contributed by atoms with Gasteiger partial charge in [-0.2, -0.15) is 0 Å². The first kappa shape index (κ1) is 17.9. The molecular formula is C20H20N4OS. The van der Waals surface area contributed by atoms with Crippen LogP contribution >= 0.6 is 11.8 Å². The molecule has 1 N–H and O–H groups in total. The second-order valence-electron chi connectivity index (χ2n) is 5.64. The summed E-state index contributed by atoms with van der Waals surface area (Å²) in [6, 6.07) is 19.8. The van der Waals surface area contributed by atoms with Gasteiger partial charge in [-0.1, -0.05) is 66.4 Å². The van der Waals surface area contributed by atoms with E-state index < -0.39 is 0 Å². The van der Waals surface area contributed by atoms with E-state index in [9.17, 15) is 4.79 Å². The van der Waals surface area contributed by atoms with E-state index in [1.54, 1.807) is 6.08 Å². The molecule has 0 saturated carbocycles. The fourth-order valence-electron chi connectivity index (χ4n) is 2.46. The van der Waals surface area contributed by atoms with Crippen molar-refractivity contribution in [1.29, 1.82) is 0 Å². The molecule has 1 unspecified atom stereocenters. The summed E-state index contributed by atoms with van der Waals surface area (Å²) < 4.78 is 1.98. The zero-order valence-corrected chi connectivity index (χ0v) is 15.3. The van der Waals surface area contributed by atoms with E-state index in [2.05, 4.69) is 22.1 Å². The van der Waals surface area contributed by atoms with Crippen LogP contribution in [-0.2, 0) is 4.79 Å². The van der Waals surface area contributed by atoms with Crippen LogP contribution in [0.4, 0.5) is 0 Å². The molecule has 2 aromatic carbocycles. The number of hydrogen-bond donors (Lipinski definition) is 1. The topological polar surface area (TPSA) is 59.8 Å². The number of carbonyl (C=O) groups is 1. The van der Waals surface area contributed by atoms with Gasteiger partial charge in [-0.05, 0) is 19.1 Å². The number of rotatable bonds is 7. The Labute approximate surface area is 157 Å². The molecule has 0 spiro atoms. The van der Waals surface area contributed by atoms with Crippen molar-refractivity contribution >= 4 is 17.7 Å². The lowest BCUT2D eigenvalue weighted by atomic mass is 10.2.